The van der Waals surface area contributed by atoms with Crippen LogP contribution in [0.5, 0.6) is 0 Å². The lowest BCUT2D eigenvalue weighted by Gasteiger charge is -2.36. The van der Waals surface area contributed by atoms with Crippen molar-refractivity contribution < 1.29 is 41.6 Å². The predicted octanol–water partition coefficient (Wildman–Crippen LogP) is 1.69. The predicted molar refractivity (Wildman–Crippen MR) is 150 cm³/mol. The first-order valence-electron chi connectivity index (χ1n) is 13.7. The summed E-state index contributed by atoms with van der Waals surface area (Å²) in [5, 5.41) is 31.7. The number of alkyl halides is 2. The minimum absolute atomic E-state index is 0.0279. The number of rotatable bonds is 10. The first-order chi connectivity index (χ1) is 19.5. The zero-order valence-corrected chi connectivity index (χ0v) is 24.7. The van der Waals surface area contributed by atoms with Gasteiger partial charge in [0.25, 0.3) is 11.8 Å². The minimum atomic E-state index is -3.40. The van der Waals surface area contributed by atoms with Gasteiger partial charge in [-0.05, 0) is 63.3 Å². The largest absolute Gasteiger partial charge is 0.475 e. The highest BCUT2D eigenvalue weighted by Gasteiger charge is 2.43. The molecule has 0 aromatic heterocycles. The van der Waals surface area contributed by atoms with E-state index >= 15 is 0 Å². The maximum absolute atomic E-state index is 13.8. The lowest BCUT2D eigenvalue weighted by Crippen LogP contribution is -2.50. The van der Waals surface area contributed by atoms with Crippen molar-refractivity contribution in [3.8, 4) is 6.07 Å². The second-order valence-corrected chi connectivity index (χ2v) is 13.4. The summed E-state index contributed by atoms with van der Waals surface area (Å²) in [4.78, 5) is 29.0. The van der Waals surface area contributed by atoms with Crippen LogP contribution < -0.4 is 5.32 Å². The Balaban J connectivity index is 1.63. The highest BCUT2D eigenvalue weighted by molar-refractivity contribution is 7.90. The summed E-state index contributed by atoms with van der Waals surface area (Å²) in [7, 11) is -5.35. The van der Waals surface area contributed by atoms with Gasteiger partial charge in [0.2, 0.25) is 0 Å². The molecule has 11 nitrogen and oxygen atoms in total. The first kappa shape index (κ1) is 33.4. The Labute approximate surface area is 245 Å². The van der Waals surface area contributed by atoms with Crippen LogP contribution in [0, 0.1) is 11.3 Å². The number of benzene rings is 1. The summed E-state index contributed by atoms with van der Waals surface area (Å²) >= 11 is 0. The third-order valence-corrected chi connectivity index (χ3v) is 8.73. The molecule has 0 saturated carbocycles. The van der Waals surface area contributed by atoms with E-state index in [1.54, 1.807) is 13.8 Å². The normalized spacial score (nSPS) is 20.5. The Morgan fingerprint density at radius 2 is 1.93 bits per heavy atom. The van der Waals surface area contributed by atoms with E-state index < -0.39 is 58.9 Å². The SMILES string of the molecule is CC(C)(C=C(C#N)C(=O)N1CCCC[C@@H]1COC(=O)NC(Cc1ccc(S(C)(=O)=O)cc1)B(O)O)N1CCC(F)(F)C1. The van der Waals surface area contributed by atoms with Gasteiger partial charge in [-0.25, -0.2) is 22.0 Å². The molecular formula is C27H37BF2N4O7S. The standard InChI is InChI=1S/C27H37BF2N4O7S/c1-26(2,33-13-11-27(29,30)18-33)15-20(16-31)24(35)34-12-5-4-6-21(34)17-41-25(36)32-23(28(37)38)14-19-7-9-22(10-8-19)42(3,39)40/h7-10,15,21,23,37-38H,4-6,11-14,17-18H2,1-3H3,(H,32,36)/t21-,23?/m1/s1. The molecule has 230 valence electrons. The molecule has 2 heterocycles. The number of nitrogens with one attached hydrogen (secondary N) is 1. The minimum Gasteiger partial charge on any atom is -0.447 e. The molecule has 3 N–H and O–H groups in total. The van der Waals surface area contributed by atoms with Crippen molar-refractivity contribution >= 4 is 29.0 Å². The highest BCUT2D eigenvalue weighted by Crippen LogP contribution is 2.33. The van der Waals surface area contributed by atoms with Gasteiger partial charge in [-0.1, -0.05) is 12.1 Å². The lowest BCUT2D eigenvalue weighted by atomic mass is 9.76. The zero-order valence-electron chi connectivity index (χ0n) is 23.9. The molecule has 42 heavy (non-hydrogen) atoms. The van der Waals surface area contributed by atoms with Crippen molar-refractivity contribution in [1.29, 1.82) is 5.26 Å². The summed E-state index contributed by atoms with van der Waals surface area (Å²) in [6, 6.07) is 7.12. The second kappa shape index (κ2) is 13.5. The van der Waals surface area contributed by atoms with Gasteiger partial charge < -0.3 is 25.0 Å². The van der Waals surface area contributed by atoms with E-state index in [-0.39, 0.29) is 36.5 Å². The average Bonchev–Trinajstić information content (AvgIpc) is 3.30. The number of ether oxygens (including phenoxy) is 1. The fraction of sp³-hybridized carbons (Fsp3) is 0.593. The van der Waals surface area contributed by atoms with Crippen LogP contribution in [0.3, 0.4) is 0 Å². The number of hydrogen-bond acceptors (Lipinski definition) is 9. The van der Waals surface area contributed by atoms with Gasteiger partial charge in [-0.2, -0.15) is 5.26 Å². The van der Waals surface area contributed by atoms with Gasteiger partial charge in [-0.15, -0.1) is 0 Å². The van der Waals surface area contributed by atoms with Crippen molar-refractivity contribution in [2.45, 2.75) is 74.3 Å². The number of carbonyl (C=O) groups excluding carboxylic acids is 2. The number of amides is 2. The monoisotopic (exact) mass is 610 g/mol. The molecule has 0 radical (unpaired) electrons. The number of hydrogen-bond donors (Lipinski definition) is 3. The summed E-state index contributed by atoms with van der Waals surface area (Å²) in [6.45, 7) is 3.12. The van der Waals surface area contributed by atoms with Gasteiger partial charge in [0.05, 0.1) is 23.4 Å². The maximum Gasteiger partial charge on any atom is 0.475 e. The van der Waals surface area contributed by atoms with E-state index in [9.17, 15) is 42.1 Å². The molecule has 2 saturated heterocycles. The Hall–Kier alpha value is -3.06. The van der Waals surface area contributed by atoms with Gasteiger partial charge in [-0.3, -0.25) is 9.69 Å². The van der Waals surface area contributed by atoms with Gasteiger partial charge >= 0.3 is 13.2 Å². The second-order valence-electron chi connectivity index (χ2n) is 11.4. The van der Waals surface area contributed by atoms with Crippen LogP contribution in [-0.4, -0.2) is 103 Å². The van der Waals surface area contributed by atoms with Crippen LogP contribution >= 0.6 is 0 Å². The van der Waals surface area contributed by atoms with E-state index in [0.29, 0.717) is 24.9 Å². The van der Waals surface area contributed by atoms with E-state index in [2.05, 4.69) is 5.32 Å². The molecule has 0 bridgehead atoms. The Kier molecular flexibility index (Phi) is 10.7. The van der Waals surface area contributed by atoms with Crippen molar-refractivity contribution in [3.05, 3.63) is 41.5 Å². The van der Waals surface area contributed by atoms with Crippen LogP contribution in [-0.2, 0) is 25.8 Å². The first-order valence-corrected chi connectivity index (χ1v) is 15.6. The average molecular weight is 610 g/mol. The molecule has 3 rings (SSSR count). The molecule has 2 amide bonds. The molecule has 1 aromatic carbocycles. The van der Waals surface area contributed by atoms with Crippen LogP contribution in [0.15, 0.2) is 40.8 Å². The van der Waals surface area contributed by atoms with Gasteiger partial charge in [0.1, 0.15) is 18.2 Å². The molecule has 15 heteroatoms. The molecule has 1 aromatic rings. The quantitative estimate of drug-likeness (QED) is 0.204. The third-order valence-electron chi connectivity index (χ3n) is 7.60. The molecule has 1 unspecified atom stereocenters. The number of likely N-dealkylation sites (tertiary alicyclic amines) is 2. The Morgan fingerprint density at radius 1 is 1.26 bits per heavy atom. The number of nitriles is 1. The maximum atomic E-state index is 13.8. The zero-order chi connectivity index (χ0) is 31.3. The summed E-state index contributed by atoms with van der Waals surface area (Å²) in [5.41, 5.74) is -0.605. The molecule has 2 fully saturated rings. The molecule has 2 atom stereocenters. The van der Waals surface area contributed by atoms with E-state index in [4.69, 9.17) is 4.74 Å². The van der Waals surface area contributed by atoms with E-state index in [0.717, 1.165) is 12.7 Å². The number of piperidine rings is 1. The summed E-state index contributed by atoms with van der Waals surface area (Å²) in [5.74, 6) is -4.57. The number of carbonyl (C=O) groups is 2. The highest BCUT2D eigenvalue weighted by atomic mass is 32.2. The van der Waals surface area contributed by atoms with Crippen molar-refractivity contribution in [2.75, 3.05) is 32.5 Å². The molecule has 0 spiro atoms. The molecule has 2 aliphatic heterocycles. The molecule has 0 aliphatic carbocycles. The van der Waals surface area contributed by atoms with E-state index in [1.807, 2.05) is 6.07 Å². The fourth-order valence-corrected chi connectivity index (χ4v) is 5.76. The molecular weight excluding hydrogens is 573 g/mol. The van der Waals surface area contributed by atoms with E-state index in [1.165, 1.54) is 40.1 Å². The van der Waals surface area contributed by atoms with Crippen LogP contribution in [0.2, 0.25) is 0 Å². The fourth-order valence-electron chi connectivity index (χ4n) is 5.13. The van der Waals surface area contributed by atoms with Crippen LogP contribution in [0.4, 0.5) is 13.6 Å². The van der Waals surface area contributed by atoms with Crippen LogP contribution in [0.1, 0.15) is 45.1 Å². The van der Waals surface area contributed by atoms with Crippen molar-refractivity contribution in [3.63, 3.8) is 0 Å². The van der Waals surface area contributed by atoms with Gasteiger partial charge in [0, 0.05) is 31.3 Å². The van der Waals surface area contributed by atoms with Crippen molar-refractivity contribution in [2.24, 2.45) is 0 Å². The Morgan fingerprint density at radius 3 is 2.48 bits per heavy atom. The Bertz CT molecular complexity index is 1320. The number of sulfone groups is 1. The summed E-state index contributed by atoms with van der Waals surface area (Å²) in [6.07, 6.45) is 3.12. The van der Waals surface area contributed by atoms with Crippen LogP contribution in [0.25, 0.3) is 0 Å². The number of halogens is 2. The number of alkyl carbamates (subject to hydrolysis) is 1. The van der Waals surface area contributed by atoms with Crippen molar-refractivity contribution in [1.82, 2.24) is 15.1 Å². The van der Waals surface area contributed by atoms with Gasteiger partial charge in [0.15, 0.2) is 9.84 Å². The number of nitrogens with zero attached hydrogens (tertiary/aromatic N) is 3. The topological polar surface area (TPSA) is 160 Å². The third kappa shape index (κ3) is 8.97. The summed E-state index contributed by atoms with van der Waals surface area (Å²) < 4.78 is 56.2. The lowest BCUT2D eigenvalue weighted by molar-refractivity contribution is -0.131. The molecule has 2 aliphatic rings. The smallest absolute Gasteiger partial charge is 0.447 e.